The second kappa shape index (κ2) is 9.89. The predicted molar refractivity (Wildman–Crippen MR) is 124 cm³/mol. The van der Waals surface area contributed by atoms with Crippen LogP contribution in [0.25, 0.3) is 11.0 Å². The molecule has 188 valence electrons. The first-order valence-corrected chi connectivity index (χ1v) is 13.6. The number of hydrogen-bond donors (Lipinski definition) is 1. The molecule has 34 heavy (non-hydrogen) atoms. The number of unbranched alkanes of at least 4 members (excludes halogenated alkanes) is 1. The van der Waals surface area contributed by atoms with E-state index in [9.17, 15) is 27.1 Å². The number of fused-ring (bicyclic) bond motifs is 1. The number of carboxylic acids is 1. The van der Waals surface area contributed by atoms with E-state index in [0.29, 0.717) is 44.3 Å². The number of halogens is 2. The number of alkyl halides is 2. The van der Waals surface area contributed by atoms with Gasteiger partial charge in [0.2, 0.25) is 15.9 Å². The number of sulfonamides is 1. The fourth-order valence-corrected chi connectivity index (χ4v) is 6.65. The Morgan fingerprint density at radius 1 is 1.24 bits per heavy atom. The van der Waals surface area contributed by atoms with Gasteiger partial charge in [-0.15, -0.1) is 0 Å². The molecule has 2 fully saturated rings. The zero-order chi connectivity index (χ0) is 24.5. The first-order valence-electron chi connectivity index (χ1n) is 12.2. The van der Waals surface area contributed by atoms with Gasteiger partial charge < -0.3 is 9.67 Å². The van der Waals surface area contributed by atoms with E-state index in [4.69, 9.17) is 4.98 Å². The highest BCUT2D eigenvalue weighted by molar-refractivity contribution is 7.89. The quantitative estimate of drug-likeness (QED) is 0.571. The molecule has 1 atom stereocenters. The minimum atomic E-state index is -3.84. The number of piperidine rings is 1. The molecule has 4 rings (SSSR count). The van der Waals surface area contributed by atoms with E-state index >= 15 is 0 Å². The molecule has 2 aliphatic rings. The van der Waals surface area contributed by atoms with Crippen molar-refractivity contribution in [3.05, 3.63) is 24.0 Å². The van der Waals surface area contributed by atoms with E-state index in [1.165, 1.54) is 4.31 Å². The Bertz CT molecular complexity index is 1140. The molecule has 1 aliphatic carbocycles. The average Bonchev–Trinajstić information content (AvgIpc) is 3.15. The van der Waals surface area contributed by atoms with Gasteiger partial charge in [-0.2, -0.15) is 4.31 Å². The molecule has 1 N–H and O–H groups in total. The van der Waals surface area contributed by atoms with Crippen LogP contribution in [0, 0.1) is 11.8 Å². The van der Waals surface area contributed by atoms with Crippen LogP contribution < -0.4 is 0 Å². The predicted octanol–water partition coefficient (Wildman–Crippen LogP) is 4.69. The second-order valence-electron chi connectivity index (χ2n) is 9.73. The molecule has 1 saturated carbocycles. The number of benzene rings is 1. The zero-order valence-electron chi connectivity index (χ0n) is 19.5. The Balaban J connectivity index is 1.62. The fourth-order valence-electron chi connectivity index (χ4n) is 5.10. The summed E-state index contributed by atoms with van der Waals surface area (Å²) in [5.74, 6) is -3.25. The lowest BCUT2D eigenvalue weighted by atomic mass is 9.86. The summed E-state index contributed by atoms with van der Waals surface area (Å²) in [4.78, 5) is 16.2. The third-order valence-electron chi connectivity index (χ3n) is 7.20. The monoisotopic (exact) mass is 497 g/mol. The lowest BCUT2D eigenvalue weighted by molar-refractivity contribution is -0.142. The number of hydrogen-bond acceptors (Lipinski definition) is 4. The molecule has 1 aliphatic heterocycles. The van der Waals surface area contributed by atoms with Gasteiger partial charge in [-0.25, -0.2) is 22.2 Å². The summed E-state index contributed by atoms with van der Waals surface area (Å²) in [5.41, 5.74) is 1.38. The van der Waals surface area contributed by atoms with Crippen molar-refractivity contribution in [3.63, 3.8) is 0 Å². The van der Waals surface area contributed by atoms with E-state index < -0.39 is 27.8 Å². The smallest absolute Gasteiger partial charge is 0.307 e. The number of rotatable bonds is 8. The van der Waals surface area contributed by atoms with Gasteiger partial charge >= 0.3 is 5.97 Å². The van der Waals surface area contributed by atoms with Gasteiger partial charge in [0.25, 0.3) is 0 Å². The molecule has 1 saturated heterocycles. The number of aryl methyl sites for hydroxylation is 1. The van der Waals surface area contributed by atoms with Crippen LogP contribution in [-0.2, 0) is 27.8 Å². The third kappa shape index (κ3) is 5.27. The number of aliphatic carboxylic acids is 1. The summed E-state index contributed by atoms with van der Waals surface area (Å²) < 4.78 is 57.1. The molecular formula is C24H33F2N3O4S. The topological polar surface area (TPSA) is 92.5 Å². The van der Waals surface area contributed by atoms with Crippen LogP contribution in [0.4, 0.5) is 8.78 Å². The molecule has 0 unspecified atom stereocenters. The summed E-state index contributed by atoms with van der Waals surface area (Å²) in [5, 5.41) is 9.33. The summed E-state index contributed by atoms with van der Waals surface area (Å²) in [6.45, 7) is 2.96. The average molecular weight is 498 g/mol. The SMILES string of the molecule is CCCCc1nc2cc(S(=O)(=O)N3CCC[C@H](C(=O)O)C3)ccc2n1CC1CCC(F)(F)CC1. The van der Waals surface area contributed by atoms with E-state index in [1.54, 1.807) is 18.2 Å². The van der Waals surface area contributed by atoms with E-state index in [1.807, 2.05) is 0 Å². The highest BCUT2D eigenvalue weighted by Crippen LogP contribution is 2.37. The van der Waals surface area contributed by atoms with Crippen molar-refractivity contribution in [2.75, 3.05) is 13.1 Å². The van der Waals surface area contributed by atoms with Gasteiger partial charge in [-0.05, 0) is 56.2 Å². The first-order chi connectivity index (χ1) is 16.1. The highest BCUT2D eigenvalue weighted by Gasteiger charge is 2.36. The standard InChI is InChI=1S/C24H33F2N3O4S/c1-2-3-6-22-27-20-14-19(34(32,33)28-13-4-5-18(16-28)23(30)31)7-8-21(20)29(22)15-17-9-11-24(25,26)12-10-17/h7-8,14,17-18H,2-6,9-13,15-16H2,1H3,(H,30,31)/t18-/m0/s1. The van der Waals surface area contributed by atoms with Crippen molar-refractivity contribution in [1.29, 1.82) is 0 Å². The van der Waals surface area contributed by atoms with Crippen molar-refractivity contribution < 1.29 is 27.1 Å². The van der Waals surface area contributed by atoms with E-state index in [-0.39, 0.29) is 30.2 Å². The fraction of sp³-hybridized carbons (Fsp3) is 0.667. The summed E-state index contributed by atoms with van der Waals surface area (Å²) in [6.07, 6.45) is 4.38. The summed E-state index contributed by atoms with van der Waals surface area (Å²) >= 11 is 0. The van der Waals surface area contributed by atoms with Gasteiger partial charge in [0.05, 0.1) is 21.8 Å². The van der Waals surface area contributed by atoms with Gasteiger partial charge in [0.1, 0.15) is 5.82 Å². The van der Waals surface area contributed by atoms with Crippen LogP contribution >= 0.6 is 0 Å². The largest absolute Gasteiger partial charge is 0.481 e. The van der Waals surface area contributed by atoms with E-state index in [0.717, 1.165) is 30.6 Å². The maximum absolute atomic E-state index is 13.6. The molecule has 7 nitrogen and oxygen atoms in total. The Hall–Kier alpha value is -2.07. The van der Waals surface area contributed by atoms with Crippen molar-refractivity contribution in [2.24, 2.45) is 11.8 Å². The molecule has 10 heteroatoms. The maximum atomic E-state index is 13.6. The molecule has 1 aromatic heterocycles. The Labute approximate surface area is 199 Å². The van der Waals surface area contributed by atoms with Gasteiger partial charge in [0.15, 0.2) is 0 Å². The van der Waals surface area contributed by atoms with Crippen molar-refractivity contribution >= 4 is 27.0 Å². The highest BCUT2D eigenvalue weighted by atomic mass is 32.2. The van der Waals surface area contributed by atoms with Crippen LogP contribution in [0.15, 0.2) is 23.1 Å². The molecule has 2 aromatic rings. The molecule has 2 heterocycles. The second-order valence-corrected chi connectivity index (χ2v) is 11.7. The molecule has 1 aromatic carbocycles. The number of imidazole rings is 1. The number of carbonyl (C=O) groups is 1. The minimum absolute atomic E-state index is 0.0296. The van der Waals surface area contributed by atoms with Crippen molar-refractivity contribution in [2.45, 2.75) is 82.1 Å². The van der Waals surface area contributed by atoms with Crippen LogP contribution in [0.5, 0.6) is 0 Å². The Kier molecular flexibility index (Phi) is 7.28. The summed E-state index contributed by atoms with van der Waals surface area (Å²) in [6, 6.07) is 4.87. The zero-order valence-corrected chi connectivity index (χ0v) is 20.4. The summed E-state index contributed by atoms with van der Waals surface area (Å²) in [7, 11) is -3.84. The minimum Gasteiger partial charge on any atom is -0.481 e. The van der Waals surface area contributed by atoms with Crippen LogP contribution in [-0.4, -0.2) is 52.4 Å². The number of carboxylic acid groups (broad SMARTS) is 1. The van der Waals surface area contributed by atoms with Gasteiger partial charge in [0, 0.05) is 38.9 Å². The normalized spacial score (nSPS) is 22.3. The van der Waals surface area contributed by atoms with Gasteiger partial charge in [-0.1, -0.05) is 13.3 Å². The maximum Gasteiger partial charge on any atom is 0.307 e. The Morgan fingerprint density at radius 2 is 1.97 bits per heavy atom. The van der Waals surface area contributed by atoms with Crippen molar-refractivity contribution in [1.82, 2.24) is 13.9 Å². The molecule has 0 amide bonds. The van der Waals surface area contributed by atoms with Gasteiger partial charge in [-0.3, -0.25) is 4.79 Å². The first kappa shape index (κ1) is 25.0. The van der Waals surface area contributed by atoms with E-state index in [2.05, 4.69) is 11.5 Å². The van der Waals surface area contributed by atoms with Crippen LogP contribution in [0.2, 0.25) is 0 Å². The lowest BCUT2D eigenvalue weighted by Gasteiger charge is -2.30. The van der Waals surface area contributed by atoms with Crippen LogP contribution in [0.3, 0.4) is 0 Å². The number of nitrogens with zero attached hydrogens (tertiary/aromatic N) is 3. The lowest BCUT2D eigenvalue weighted by Crippen LogP contribution is -2.42. The van der Waals surface area contributed by atoms with Crippen LogP contribution in [0.1, 0.15) is 64.1 Å². The third-order valence-corrected chi connectivity index (χ3v) is 9.06. The van der Waals surface area contributed by atoms with Crippen molar-refractivity contribution in [3.8, 4) is 0 Å². The molecule has 0 spiro atoms. The Morgan fingerprint density at radius 3 is 2.65 bits per heavy atom. The number of aromatic nitrogens is 2. The molecular weight excluding hydrogens is 464 g/mol. The molecule has 0 radical (unpaired) electrons. The molecule has 0 bridgehead atoms.